The maximum absolute atomic E-state index is 11.8. The number of rotatable bonds is 5. The fourth-order valence-electron chi connectivity index (χ4n) is 1.50. The largest absolute Gasteiger partial charge is 0.459 e. The minimum absolute atomic E-state index is 0.0651. The van der Waals surface area contributed by atoms with Crippen molar-refractivity contribution in [3.05, 3.63) is 29.8 Å². The average Bonchev–Trinajstić information content (AvgIpc) is 2.37. The molecular weight excluding hydrogens is 256 g/mol. The lowest BCUT2D eigenvalue weighted by Gasteiger charge is -2.15. The van der Waals surface area contributed by atoms with Gasteiger partial charge in [0.25, 0.3) is 0 Å². The maximum Gasteiger partial charge on any atom is 0.338 e. The van der Waals surface area contributed by atoms with Gasteiger partial charge in [-0.3, -0.25) is 4.79 Å². The molecule has 0 bridgehead atoms. The van der Waals surface area contributed by atoms with Crippen LogP contribution in [0.5, 0.6) is 0 Å². The molecule has 1 aromatic carbocycles. The Hall–Kier alpha value is -1.88. The third-order valence-corrected chi connectivity index (χ3v) is 2.75. The maximum atomic E-state index is 11.8. The van der Waals surface area contributed by atoms with Gasteiger partial charge >= 0.3 is 5.97 Å². The summed E-state index contributed by atoms with van der Waals surface area (Å²) in [5, 5.41) is 2.71. The zero-order chi connectivity index (χ0) is 15.3. The summed E-state index contributed by atoms with van der Waals surface area (Å²) < 4.78 is 5.08. The first kappa shape index (κ1) is 16.2. The van der Waals surface area contributed by atoms with Gasteiger partial charge in [0.1, 0.15) is 0 Å². The second-order valence-electron chi connectivity index (χ2n) is 5.29. The minimum atomic E-state index is -0.555. The summed E-state index contributed by atoms with van der Waals surface area (Å²) in [6.45, 7) is 7.35. The van der Waals surface area contributed by atoms with E-state index in [0.29, 0.717) is 11.3 Å². The molecule has 1 amide bonds. The molecule has 0 aliphatic carbocycles. The van der Waals surface area contributed by atoms with E-state index in [1.54, 1.807) is 38.1 Å². The molecule has 0 radical (unpaired) electrons. The zero-order valence-electron chi connectivity index (χ0n) is 12.3. The SMILES string of the molecule is CC(C)OC(=O)c1ccc(NC(=O)C(N)C(C)C)cc1. The van der Waals surface area contributed by atoms with E-state index in [1.807, 2.05) is 13.8 Å². The van der Waals surface area contributed by atoms with Crippen molar-refractivity contribution in [1.82, 2.24) is 0 Å². The van der Waals surface area contributed by atoms with Crippen molar-refractivity contribution in [2.24, 2.45) is 11.7 Å². The zero-order valence-corrected chi connectivity index (χ0v) is 12.3. The highest BCUT2D eigenvalue weighted by molar-refractivity contribution is 5.95. The van der Waals surface area contributed by atoms with Crippen molar-refractivity contribution in [3.8, 4) is 0 Å². The Morgan fingerprint density at radius 2 is 1.65 bits per heavy atom. The van der Waals surface area contributed by atoms with E-state index in [0.717, 1.165) is 0 Å². The first-order chi connectivity index (χ1) is 9.31. The van der Waals surface area contributed by atoms with E-state index < -0.39 is 6.04 Å². The normalized spacial score (nSPS) is 12.3. The van der Waals surface area contributed by atoms with Crippen molar-refractivity contribution < 1.29 is 14.3 Å². The fourth-order valence-corrected chi connectivity index (χ4v) is 1.50. The number of nitrogens with two attached hydrogens (primary N) is 1. The number of hydrogen-bond acceptors (Lipinski definition) is 4. The van der Waals surface area contributed by atoms with E-state index in [1.165, 1.54) is 0 Å². The van der Waals surface area contributed by atoms with Crippen LogP contribution in [-0.2, 0) is 9.53 Å². The first-order valence-corrected chi connectivity index (χ1v) is 6.68. The van der Waals surface area contributed by atoms with Gasteiger partial charge in [-0.05, 0) is 44.0 Å². The second-order valence-corrected chi connectivity index (χ2v) is 5.29. The summed E-state index contributed by atoms with van der Waals surface area (Å²) >= 11 is 0. The van der Waals surface area contributed by atoms with Gasteiger partial charge in [-0.1, -0.05) is 13.8 Å². The smallest absolute Gasteiger partial charge is 0.338 e. The number of nitrogens with one attached hydrogen (secondary N) is 1. The number of carbonyl (C=O) groups is 2. The van der Waals surface area contributed by atoms with Crippen LogP contribution in [0.2, 0.25) is 0 Å². The Morgan fingerprint density at radius 3 is 2.10 bits per heavy atom. The molecule has 5 heteroatoms. The molecule has 3 N–H and O–H groups in total. The lowest BCUT2D eigenvalue weighted by molar-refractivity contribution is -0.118. The van der Waals surface area contributed by atoms with Gasteiger partial charge in [0.2, 0.25) is 5.91 Å². The molecule has 0 fully saturated rings. The first-order valence-electron chi connectivity index (χ1n) is 6.68. The van der Waals surface area contributed by atoms with Crippen LogP contribution >= 0.6 is 0 Å². The molecule has 1 aromatic rings. The van der Waals surface area contributed by atoms with E-state index in [4.69, 9.17) is 10.5 Å². The molecule has 0 aromatic heterocycles. The quantitative estimate of drug-likeness (QED) is 0.809. The van der Waals surface area contributed by atoms with Crippen molar-refractivity contribution >= 4 is 17.6 Å². The number of anilines is 1. The summed E-state index contributed by atoms with van der Waals surface area (Å²) in [7, 11) is 0. The molecule has 5 nitrogen and oxygen atoms in total. The Morgan fingerprint density at radius 1 is 1.10 bits per heavy atom. The number of ether oxygens (including phenoxy) is 1. The van der Waals surface area contributed by atoms with Gasteiger partial charge in [-0.2, -0.15) is 0 Å². The predicted molar refractivity (Wildman–Crippen MR) is 78.4 cm³/mol. The molecule has 0 heterocycles. The Labute approximate surface area is 119 Å². The van der Waals surface area contributed by atoms with Gasteiger partial charge in [-0.15, -0.1) is 0 Å². The number of amides is 1. The van der Waals surface area contributed by atoms with Crippen LogP contribution in [0.4, 0.5) is 5.69 Å². The third-order valence-electron chi connectivity index (χ3n) is 2.75. The molecule has 110 valence electrons. The number of hydrogen-bond donors (Lipinski definition) is 2. The lowest BCUT2D eigenvalue weighted by Crippen LogP contribution is -2.39. The monoisotopic (exact) mass is 278 g/mol. The van der Waals surface area contributed by atoms with E-state index in [2.05, 4.69) is 5.32 Å². The average molecular weight is 278 g/mol. The lowest BCUT2D eigenvalue weighted by atomic mass is 10.0. The van der Waals surface area contributed by atoms with Crippen LogP contribution in [0.3, 0.4) is 0 Å². The Kier molecular flexibility index (Phi) is 5.70. The van der Waals surface area contributed by atoms with E-state index in [9.17, 15) is 9.59 Å². The van der Waals surface area contributed by atoms with Crippen molar-refractivity contribution in [1.29, 1.82) is 0 Å². The highest BCUT2D eigenvalue weighted by Crippen LogP contribution is 2.12. The highest BCUT2D eigenvalue weighted by Gasteiger charge is 2.17. The summed E-state index contributed by atoms with van der Waals surface area (Å²) in [5.74, 6) is -0.551. The fraction of sp³-hybridized carbons (Fsp3) is 0.467. The van der Waals surface area contributed by atoms with Gasteiger partial charge in [0.15, 0.2) is 0 Å². The predicted octanol–water partition coefficient (Wildman–Crippen LogP) is 2.17. The number of esters is 1. The van der Waals surface area contributed by atoms with Crippen molar-refractivity contribution in [2.45, 2.75) is 39.8 Å². The van der Waals surface area contributed by atoms with E-state index >= 15 is 0 Å². The van der Waals surface area contributed by atoms with Gasteiger partial charge in [0, 0.05) is 5.69 Å². The number of benzene rings is 1. The van der Waals surface area contributed by atoms with Crippen LogP contribution in [0.15, 0.2) is 24.3 Å². The van der Waals surface area contributed by atoms with Crippen LogP contribution in [0, 0.1) is 5.92 Å². The van der Waals surface area contributed by atoms with Crippen molar-refractivity contribution in [2.75, 3.05) is 5.32 Å². The topological polar surface area (TPSA) is 81.4 Å². The van der Waals surface area contributed by atoms with Gasteiger partial charge in [-0.25, -0.2) is 4.79 Å². The third kappa shape index (κ3) is 4.66. The van der Waals surface area contributed by atoms with Crippen LogP contribution in [0.25, 0.3) is 0 Å². The minimum Gasteiger partial charge on any atom is -0.459 e. The van der Waals surface area contributed by atoms with Crippen LogP contribution in [0.1, 0.15) is 38.1 Å². The molecule has 0 saturated carbocycles. The molecule has 1 rings (SSSR count). The molecule has 0 spiro atoms. The molecule has 0 saturated heterocycles. The molecule has 20 heavy (non-hydrogen) atoms. The number of carbonyl (C=O) groups excluding carboxylic acids is 2. The molecular formula is C15H22N2O3. The molecule has 0 aliphatic heterocycles. The highest BCUT2D eigenvalue weighted by atomic mass is 16.5. The van der Waals surface area contributed by atoms with Crippen LogP contribution < -0.4 is 11.1 Å². The van der Waals surface area contributed by atoms with Gasteiger partial charge < -0.3 is 15.8 Å². The molecule has 0 aliphatic rings. The standard InChI is InChI=1S/C15H22N2O3/c1-9(2)13(16)14(18)17-12-7-5-11(6-8-12)15(19)20-10(3)4/h5-10,13H,16H2,1-4H3,(H,17,18). The Balaban J connectivity index is 2.67. The summed E-state index contributed by atoms with van der Waals surface area (Å²) in [6, 6.07) is 5.98. The van der Waals surface area contributed by atoms with Crippen LogP contribution in [-0.4, -0.2) is 24.0 Å². The molecule has 1 unspecified atom stereocenters. The van der Waals surface area contributed by atoms with Crippen molar-refractivity contribution in [3.63, 3.8) is 0 Å². The second kappa shape index (κ2) is 7.05. The molecule has 1 atom stereocenters. The van der Waals surface area contributed by atoms with E-state index in [-0.39, 0.29) is 23.9 Å². The Bertz CT molecular complexity index is 467. The summed E-state index contributed by atoms with van der Waals surface area (Å²) in [4.78, 5) is 23.4. The van der Waals surface area contributed by atoms with Gasteiger partial charge in [0.05, 0.1) is 17.7 Å². The summed E-state index contributed by atoms with van der Waals surface area (Å²) in [6.07, 6.45) is -0.161. The summed E-state index contributed by atoms with van der Waals surface area (Å²) in [5.41, 5.74) is 6.81.